The standard InChI is InChI=1S/C11H12N4O2/c1-17-11-8(3-2-4-14-11)7-15-9-10(16)13-6-5-12-9/h2-6H,7H2,1H3,(H,12,15)(H,13,16). The van der Waals surface area contributed by atoms with Gasteiger partial charge in [-0.05, 0) is 6.07 Å². The number of aromatic amines is 1. The maximum Gasteiger partial charge on any atom is 0.290 e. The number of ether oxygens (including phenoxy) is 1. The van der Waals surface area contributed by atoms with Crippen LogP contribution in [0.1, 0.15) is 5.56 Å². The van der Waals surface area contributed by atoms with Crippen molar-refractivity contribution >= 4 is 5.82 Å². The molecule has 17 heavy (non-hydrogen) atoms. The van der Waals surface area contributed by atoms with Crippen LogP contribution in [-0.2, 0) is 6.54 Å². The van der Waals surface area contributed by atoms with Crippen LogP contribution in [0, 0.1) is 0 Å². The molecule has 2 aromatic rings. The van der Waals surface area contributed by atoms with Crippen LogP contribution < -0.4 is 15.6 Å². The van der Waals surface area contributed by atoms with E-state index in [4.69, 9.17) is 4.74 Å². The van der Waals surface area contributed by atoms with Gasteiger partial charge in [-0.3, -0.25) is 4.79 Å². The second-order valence-electron chi connectivity index (χ2n) is 3.29. The molecule has 0 saturated heterocycles. The molecule has 0 spiro atoms. The van der Waals surface area contributed by atoms with Crippen molar-refractivity contribution in [3.63, 3.8) is 0 Å². The molecule has 2 N–H and O–H groups in total. The van der Waals surface area contributed by atoms with Gasteiger partial charge in [0.2, 0.25) is 5.88 Å². The molecular weight excluding hydrogens is 220 g/mol. The molecule has 0 bridgehead atoms. The first kappa shape index (κ1) is 11.1. The Morgan fingerprint density at radius 2 is 2.29 bits per heavy atom. The van der Waals surface area contributed by atoms with E-state index >= 15 is 0 Å². The van der Waals surface area contributed by atoms with E-state index in [0.717, 1.165) is 5.56 Å². The van der Waals surface area contributed by atoms with E-state index in [9.17, 15) is 4.79 Å². The topological polar surface area (TPSA) is 79.9 Å². The average molecular weight is 232 g/mol. The van der Waals surface area contributed by atoms with Gasteiger partial charge in [0.1, 0.15) is 0 Å². The van der Waals surface area contributed by atoms with E-state index < -0.39 is 0 Å². The lowest BCUT2D eigenvalue weighted by Crippen LogP contribution is -2.15. The Morgan fingerprint density at radius 3 is 3.06 bits per heavy atom. The van der Waals surface area contributed by atoms with Gasteiger partial charge in [0.15, 0.2) is 5.82 Å². The number of rotatable bonds is 4. The van der Waals surface area contributed by atoms with Crippen LogP contribution in [0.5, 0.6) is 5.88 Å². The summed E-state index contributed by atoms with van der Waals surface area (Å²) in [4.78, 5) is 21.9. The summed E-state index contributed by atoms with van der Waals surface area (Å²) in [6.45, 7) is 0.428. The molecule has 0 atom stereocenters. The fourth-order valence-corrected chi connectivity index (χ4v) is 1.40. The largest absolute Gasteiger partial charge is 0.481 e. The molecule has 0 unspecified atom stereocenters. The molecule has 0 amide bonds. The monoisotopic (exact) mass is 232 g/mol. The second-order valence-corrected chi connectivity index (χ2v) is 3.29. The van der Waals surface area contributed by atoms with Gasteiger partial charge in [-0.1, -0.05) is 6.07 Å². The quantitative estimate of drug-likeness (QED) is 0.814. The fraction of sp³-hybridized carbons (Fsp3) is 0.182. The Kier molecular flexibility index (Phi) is 3.34. The molecule has 0 aromatic carbocycles. The first-order valence-electron chi connectivity index (χ1n) is 5.06. The molecule has 6 heteroatoms. The van der Waals surface area contributed by atoms with Crippen molar-refractivity contribution in [3.8, 4) is 5.88 Å². The lowest BCUT2D eigenvalue weighted by molar-refractivity contribution is 0.393. The van der Waals surface area contributed by atoms with Crippen molar-refractivity contribution in [1.29, 1.82) is 0 Å². The zero-order valence-corrected chi connectivity index (χ0v) is 9.30. The number of pyridine rings is 1. The van der Waals surface area contributed by atoms with Crippen molar-refractivity contribution in [1.82, 2.24) is 15.0 Å². The molecule has 2 aromatic heterocycles. The van der Waals surface area contributed by atoms with E-state index in [2.05, 4.69) is 20.3 Å². The smallest absolute Gasteiger partial charge is 0.290 e. The molecule has 2 heterocycles. The number of hydrogen-bond acceptors (Lipinski definition) is 5. The summed E-state index contributed by atoms with van der Waals surface area (Å²) in [5, 5.41) is 2.93. The summed E-state index contributed by atoms with van der Waals surface area (Å²) in [6, 6.07) is 3.68. The van der Waals surface area contributed by atoms with E-state index in [1.807, 2.05) is 12.1 Å². The van der Waals surface area contributed by atoms with Crippen LogP contribution >= 0.6 is 0 Å². The number of aromatic nitrogens is 3. The summed E-state index contributed by atoms with van der Waals surface area (Å²) in [5.74, 6) is 0.811. The number of nitrogens with one attached hydrogen (secondary N) is 2. The average Bonchev–Trinajstić information content (AvgIpc) is 2.38. The Balaban J connectivity index is 2.13. The molecular formula is C11H12N4O2. The highest BCUT2D eigenvalue weighted by atomic mass is 16.5. The van der Waals surface area contributed by atoms with E-state index in [1.54, 1.807) is 13.3 Å². The Morgan fingerprint density at radius 1 is 1.41 bits per heavy atom. The SMILES string of the molecule is COc1ncccc1CNc1ncc[nH]c1=O. The number of nitrogens with zero attached hydrogens (tertiary/aromatic N) is 2. The third-order valence-corrected chi connectivity index (χ3v) is 2.20. The Bertz CT molecular complexity index is 553. The summed E-state index contributed by atoms with van der Waals surface area (Å²) in [6.07, 6.45) is 4.65. The molecule has 0 radical (unpaired) electrons. The van der Waals surface area contributed by atoms with Gasteiger partial charge in [0.05, 0.1) is 7.11 Å². The van der Waals surface area contributed by atoms with Gasteiger partial charge in [-0.25, -0.2) is 9.97 Å². The molecule has 88 valence electrons. The Labute approximate surface area is 97.7 Å². The van der Waals surface area contributed by atoms with E-state index in [0.29, 0.717) is 12.4 Å². The zero-order valence-electron chi connectivity index (χ0n) is 9.30. The minimum Gasteiger partial charge on any atom is -0.481 e. The highest BCUT2D eigenvalue weighted by Gasteiger charge is 2.04. The van der Waals surface area contributed by atoms with Crippen LogP contribution in [-0.4, -0.2) is 22.1 Å². The van der Waals surface area contributed by atoms with Crippen molar-refractivity contribution in [2.24, 2.45) is 0 Å². The predicted octanol–water partition coefficient (Wildman–Crippen LogP) is 0.786. The molecule has 0 saturated carbocycles. The van der Waals surface area contributed by atoms with Crippen LogP contribution in [0.25, 0.3) is 0 Å². The third-order valence-electron chi connectivity index (χ3n) is 2.20. The van der Waals surface area contributed by atoms with E-state index in [1.165, 1.54) is 12.4 Å². The summed E-state index contributed by atoms with van der Waals surface area (Å²) < 4.78 is 5.11. The first-order valence-corrected chi connectivity index (χ1v) is 5.06. The molecule has 0 aliphatic rings. The highest BCUT2D eigenvalue weighted by molar-refractivity contribution is 5.34. The minimum absolute atomic E-state index is 0.254. The van der Waals surface area contributed by atoms with Gasteiger partial charge in [0, 0.05) is 30.7 Å². The molecule has 0 fully saturated rings. The van der Waals surface area contributed by atoms with Crippen LogP contribution in [0.4, 0.5) is 5.82 Å². The summed E-state index contributed by atoms with van der Waals surface area (Å²) in [5.41, 5.74) is 0.607. The second kappa shape index (κ2) is 5.11. The molecule has 0 aliphatic carbocycles. The van der Waals surface area contributed by atoms with Crippen LogP contribution in [0.3, 0.4) is 0 Å². The van der Waals surface area contributed by atoms with E-state index in [-0.39, 0.29) is 11.4 Å². The van der Waals surface area contributed by atoms with Crippen molar-refractivity contribution in [2.45, 2.75) is 6.54 Å². The van der Waals surface area contributed by atoms with Crippen molar-refractivity contribution in [3.05, 3.63) is 46.6 Å². The number of H-pyrrole nitrogens is 1. The maximum absolute atomic E-state index is 11.4. The normalized spacial score (nSPS) is 9.94. The van der Waals surface area contributed by atoms with Gasteiger partial charge < -0.3 is 15.0 Å². The summed E-state index contributed by atoms with van der Waals surface area (Å²) >= 11 is 0. The highest BCUT2D eigenvalue weighted by Crippen LogP contribution is 2.13. The fourth-order valence-electron chi connectivity index (χ4n) is 1.40. The van der Waals surface area contributed by atoms with Gasteiger partial charge in [0.25, 0.3) is 5.56 Å². The maximum atomic E-state index is 11.4. The minimum atomic E-state index is -0.254. The van der Waals surface area contributed by atoms with Gasteiger partial charge in [-0.15, -0.1) is 0 Å². The van der Waals surface area contributed by atoms with Crippen LogP contribution in [0.15, 0.2) is 35.5 Å². The predicted molar refractivity (Wildman–Crippen MR) is 63.0 cm³/mol. The van der Waals surface area contributed by atoms with Gasteiger partial charge >= 0.3 is 0 Å². The molecule has 6 nitrogen and oxygen atoms in total. The van der Waals surface area contributed by atoms with Gasteiger partial charge in [-0.2, -0.15) is 0 Å². The number of hydrogen-bond donors (Lipinski definition) is 2. The number of anilines is 1. The van der Waals surface area contributed by atoms with Crippen molar-refractivity contribution < 1.29 is 4.74 Å². The van der Waals surface area contributed by atoms with Crippen molar-refractivity contribution in [2.75, 3.05) is 12.4 Å². The first-order chi connectivity index (χ1) is 8.31. The lowest BCUT2D eigenvalue weighted by atomic mass is 10.2. The molecule has 0 aliphatic heterocycles. The molecule has 2 rings (SSSR count). The lowest BCUT2D eigenvalue weighted by Gasteiger charge is -2.07. The Hall–Kier alpha value is -2.37. The zero-order chi connectivity index (χ0) is 12.1. The summed E-state index contributed by atoms with van der Waals surface area (Å²) in [7, 11) is 1.55. The third kappa shape index (κ3) is 2.60. The van der Waals surface area contributed by atoms with Crippen LogP contribution in [0.2, 0.25) is 0 Å². The number of methoxy groups -OCH3 is 1.